The standard InChI is InChI=1S/C22H21N5O/c1-3-26(18-7-5-4-6-8-18)22(28)17-9-11-19(12-10-17)27-14-13-23-21(27)20-16(2)24-15-25-20/h4-15H,3H2,1-2H3,(H,24,25). The number of para-hydroxylation sites is 1. The second-order valence-corrected chi connectivity index (χ2v) is 6.43. The van der Waals surface area contributed by atoms with Gasteiger partial charge in [0.1, 0.15) is 5.69 Å². The van der Waals surface area contributed by atoms with E-state index in [9.17, 15) is 4.79 Å². The van der Waals surface area contributed by atoms with Crippen LogP contribution in [0, 0.1) is 6.92 Å². The molecule has 0 fully saturated rings. The minimum Gasteiger partial charge on any atom is -0.348 e. The van der Waals surface area contributed by atoms with Crippen molar-refractivity contribution in [3.63, 3.8) is 0 Å². The first-order valence-corrected chi connectivity index (χ1v) is 9.20. The van der Waals surface area contributed by atoms with Crippen molar-refractivity contribution in [3.05, 3.63) is 84.6 Å². The van der Waals surface area contributed by atoms with E-state index in [1.165, 1.54) is 0 Å². The molecule has 4 aromatic rings. The van der Waals surface area contributed by atoms with Gasteiger partial charge in [0.25, 0.3) is 5.91 Å². The average Bonchev–Trinajstić information content (AvgIpc) is 3.38. The Kier molecular flexibility index (Phi) is 4.76. The van der Waals surface area contributed by atoms with Crippen molar-refractivity contribution in [1.29, 1.82) is 0 Å². The van der Waals surface area contributed by atoms with E-state index >= 15 is 0 Å². The molecule has 0 aliphatic rings. The van der Waals surface area contributed by atoms with Gasteiger partial charge in [-0.25, -0.2) is 9.97 Å². The zero-order valence-electron chi connectivity index (χ0n) is 15.8. The third-order valence-corrected chi connectivity index (χ3v) is 4.70. The van der Waals surface area contributed by atoms with Crippen molar-refractivity contribution < 1.29 is 4.79 Å². The summed E-state index contributed by atoms with van der Waals surface area (Å²) < 4.78 is 1.96. The number of imidazole rings is 2. The van der Waals surface area contributed by atoms with E-state index in [2.05, 4.69) is 15.0 Å². The fourth-order valence-corrected chi connectivity index (χ4v) is 3.24. The summed E-state index contributed by atoms with van der Waals surface area (Å²) in [6, 6.07) is 17.3. The fraction of sp³-hybridized carbons (Fsp3) is 0.136. The van der Waals surface area contributed by atoms with E-state index < -0.39 is 0 Å². The molecule has 4 rings (SSSR count). The molecular weight excluding hydrogens is 350 g/mol. The minimum absolute atomic E-state index is 0.0192. The van der Waals surface area contributed by atoms with Crippen LogP contribution in [0.15, 0.2) is 73.3 Å². The van der Waals surface area contributed by atoms with E-state index in [1.807, 2.05) is 79.2 Å². The normalized spacial score (nSPS) is 10.8. The number of hydrogen-bond acceptors (Lipinski definition) is 3. The first-order chi connectivity index (χ1) is 13.7. The Bertz CT molecular complexity index is 1080. The molecule has 0 unspecified atom stereocenters. The van der Waals surface area contributed by atoms with E-state index in [0.717, 1.165) is 28.6 Å². The Hall–Kier alpha value is -3.67. The number of benzene rings is 2. The lowest BCUT2D eigenvalue weighted by molar-refractivity contribution is 0.0988. The summed E-state index contributed by atoms with van der Waals surface area (Å²) in [7, 11) is 0. The van der Waals surface area contributed by atoms with Gasteiger partial charge in [0.15, 0.2) is 5.82 Å². The molecule has 140 valence electrons. The van der Waals surface area contributed by atoms with Crippen LogP contribution in [0.1, 0.15) is 23.0 Å². The summed E-state index contributed by atoms with van der Waals surface area (Å²) in [5.74, 6) is 0.742. The number of anilines is 1. The quantitative estimate of drug-likeness (QED) is 0.571. The number of carbonyl (C=O) groups is 1. The number of H-pyrrole nitrogens is 1. The first-order valence-electron chi connectivity index (χ1n) is 9.20. The number of hydrogen-bond donors (Lipinski definition) is 1. The number of aryl methyl sites for hydroxylation is 1. The van der Waals surface area contributed by atoms with E-state index in [0.29, 0.717) is 12.1 Å². The molecule has 0 aliphatic heterocycles. The van der Waals surface area contributed by atoms with Crippen LogP contribution in [-0.2, 0) is 0 Å². The molecule has 28 heavy (non-hydrogen) atoms. The molecule has 6 nitrogen and oxygen atoms in total. The van der Waals surface area contributed by atoms with Crippen LogP contribution in [0.2, 0.25) is 0 Å². The molecular formula is C22H21N5O. The van der Waals surface area contributed by atoms with Gasteiger partial charge in [0.2, 0.25) is 0 Å². The number of rotatable bonds is 5. The third-order valence-electron chi connectivity index (χ3n) is 4.70. The number of nitrogens with zero attached hydrogens (tertiary/aromatic N) is 4. The topological polar surface area (TPSA) is 66.8 Å². The molecule has 2 heterocycles. The second-order valence-electron chi connectivity index (χ2n) is 6.43. The predicted molar refractivity (Wildman–Crippen MR) is 110 cm³/mol. The minimum atomic E-state index is -0.0192. The van der Waals surface area contributed by atoms with Crippen LogP contribution in [0.4, 0.5) is 5.69 Å². The molecule has 0 atom stereocenters. The Balaban J connectivity index is 1.63. The van der Waals surface area contributed by atoms with Gasteiger partial charge in [-0.05, 0) is 50.2 Å². The van der Waals surface area contributed by atoms with Crippen LogP contribution in [0.25, 0.3) is 17.2 Å². The first kappa shape index (κ1) is 17.7. The van der Waals surface area contributed by atoms with Crippen molar-refractivity contribution in [3.8, 4) is 17.2 Å². The zero-order valence-corrected chi connectivity index (χ0v) is 15.8. The van der Waals surface area contributed by atoms with Crippen LogP contribution in [-0.4, -0.2) is 32.0 Å². The molecule has 0 saturated heterocycles. The van der Waals surface area contributed by atoms with Gasteiger partial charge >= 0.3 is 0 Å². The Morgan fingerprint density at radius 1 is 1.07 bits per heavy atom. The maximum absolute atomic E-state index is 13.0. The van der Waals surface area contributed by atoms with Gasteiger partial charge < -0.3 is 9.88 Å². The maximum atomic E-state index is 13.0. The molecule has 0 spiro atoms. The van der Waals surface area contributed by atoms with E-state index in [-0.39, 0.29) is 5.91 Å². The molecule has 6 heteroatoms. The summed E-state index contributed by atoms with van der Waals surface area (Å²) in [4.78, 5) is 26.6. The van der Waals surface area contributed by atoms with Crippen molar-refractivity contribution in [2.45, 2.75) is 13.8 Å². The van der Waals surface area contributed by atoms with Gasteiger partial charge in [-0.1, -0.05) is 18.2 Å². The average molecular weight is 371 g/mol. The van der Waals surface area contributed by atoms with Crippen LogP contribution < -0.4 is 4.90 Å². The van der Waals surface area contributed by atoms with E-state index in [1.54, 1.807) is 17.4 Å². The number of aromatic amines is 1. The van der Waals surface area contributed by atoms with Gasteiger partial charge in [-0.15, -0.1) is 0 Å². The summed E-state index contributed by atoms with van der Waals surface area (Å²) in [6.07, 6.45) is 5.30. The lowest BCUT2D eigenvalue weighted by atomic mass is 10.1. The number of nitrogens with one attached hydrogen (secondary N) is 1. The highest BCUT2D eigenvalue weighted by Gasteiger charge is 2.17. The van der Waals surface area contributed by atoms with E-state index in [4.69, 9.17) is 0 Å². The smallest absolute Gasteiger partial charge is 0.258 e. The second kappa shape index (κ2) is 7.52. The number of amides is 1. The largest absolute Gasteiger partial charge is 0.348 e. The van der Waals surface area contributed by atoms with Gasteiger partial charge in [0.05, 0.1) is 6.33 Å². The molecule has 1 N–H and O–H groups in total. The monoisotopic (exact) mass is 371 g/mol. The lowest BCUT2D eigenvalue weighted by Crippen LogP contribution is -2.30. The highest BCUT2D eigenvalue weighted by atomic mass is 16.2. The highest BCUT2D eigenvalue weighted by Crippen LogP contribution is 2.23. The summed E-state index contributed by atoms with van der Waals surface area (Å²) in [5.41, 5.74) is 4.23. The van der Waals surface area contributed by atoms with Gasteiger partial charge in [0, 0.05) is 41.6 Å². The lowest BCUT2D eigenvalue weighted by Gasteiger charge is -2.21. The van der Waals surface area contributed by atoms with Crippen molar-refractivity contribution in [1.82, 2.24) is 19.5 Å². The number of aromatic nitrogens is 4. The third kappa shape index (κ3) is 3.20. The Morgan fingerprint density at radius 2 is 1.82 bits per heavy atom. The molecule has 0 bridgehead atoms. The SMILES string of the molecule is CCN(C(=O)c1ccc(-n2ccnc2-c2nc[nH]c2C)cc1)c1ccccc1. The molecule has 0 radical (unpaired) electrons. The van der Waals surface area contributed by atoms with Gasteiger partial charge in [-0.3, -0.25) is 9.36 Å². The zero-order chi connectivity index (χ0) is 19.5. The summed E-state index contributed by atoms with van der Waals surface area (Å²) in [5, 5.41) is 0. The van der Waals surface area contributed by atoms with Crippen LogP contribution >= 0.6 is 0 Å². The molecule has 1 amide bonds. The predicted octanol–water partition coefficient (Wildman–Crippen LogP) is 4.24. The Labute approximate surface area is 163 Å². The fourth-order valence-electron chi connectivity index (χ4n) is 3.24. The van der Waals surface area contributed by atoms with Crippen molar-refractivity contribution in [2.24, 2.45) is 0 Å². The van der Waals surface area contributed by atoms with Crippen molar-refractivity contribution >= 4 is 11.6 Å². The van der Waals surface area contributed by atoms with Gasteiger partial charge in [-0.2, -0.15) is 0 Å². The molecule has 2 aromatic heterocycles. The molecule has 2 aromatic carbocycles. The number of carbonyl (C=O) groups excluding carboxylic acids is 1. The summed E-state index contributed by atoms with van der Waals surface area (Å²) >= 11 is 0. The maximum Gasteiger partial charge on any atom is 0.258 e. The van der Waals surface area contributed by atoms with Crippen molar-refractivity contribution in [2.75, 3.05) is 11.4 Å². The molecule has 0 saturated carbocycles. The van der Waals surface area contributed by atoms with Crippen LogP contribution in [0.3, 0.4) is 0 Å². The Morgan fingerprint density at radius 3 is 2.46 bits per heavy atom. The molecule has 0 aliphatic carbocycles. The highest BCUT2D eigenvalue weighted by molar-refractivity contribution is 6.06. The van der Waals surface area contributed by atoms with Crippen LogP contribution in [0.5, 0.6) is 0 Å². The summed E-state index contributed by atoms with van der Waals surface area (Å²) in [6.45, 7) is 4.55.